The number of carbonyl (C=O) groups is 1. The van der Waals surface area contributed by atoms with E-state index in [1.54, 1.807) is 11.3 Å². The van der Waals surface area contributed by atoms with Crippen LogP contribution in [0, 0.1) is 0 Å². The molecule has 1 amide bonds. The standard InChI is InChI=1S/C16H26N2OS/c1-3-5-6-7-11-18-15(14-10-8-12-20-14)17-13(9-4-2)16(18)19/h8,10,12-13,15,17H,3-7,9,11H2,1-2H3. The van der Waals surface area contributed by atoms with E-state index in [4.69, 9.17) is 0 Å². The minimum Gasteiger partial charge on any atom is -0.321 e. The Kier molecular flexibility index (Phi) is 6.05. The van der Waals surface area contributed by atoms with E-state index in [1.807, 2.05) is 0 Å². The molecule has 2 atom stereocenters. The Hall–Kier alpha value is -0.870. The molecular weight excluding hydrogens is 268 g/mol. The van der Waals surface area contributed by atoms with Gasteiger partial charge in [0.05, 0.1) is 6.04 Å². The Labute approximate surface area is 126 Å². The van der Waals surface area contributed by atoms with Crippen molar-refractivity contribution in [3.8, 4) is 0 Å². The summed E-state index contributed by atoms with van der Waals surface area (Å²) in [6.07, 6.45) is 6.91. The summed E-state index contributed by atoms with van der Waals surface area (Å²) in [6, 6.07) is 4.20. The van der Waals surface area contributed by atoms with Gasteiger partial charge in [-0.05, 0) is 24.3 Å². The lowest BCUT2D eigenvalue weighted by Gasteiger charge is -2.23. The molecule has 4 heteroatoms. The SMILES string of the molecule is CCCCCCN1C(=O)C(CCC)NC1c1cccs1. The number of hydrogen-bond acceptors (Lipinski definition) is 3. The first-order valence-corrected chi connectivity index (χ1v) is 8.75. The Balaban J connectivity index is 2.01. The number of hydrogen-bond donors (Lipinski definition) is 1. The Bertz CT molecular complexity index is 405. The van der Waals surface area contributed by atoms with Crippen LogP contribution < -0.4 is 5.32 Å². The molecule has 1 aliphatic rings. The monoisotopic (exact) mass is 294 g/mol. The average Bonchev–Trinajstić information content (AvgIpc) is 3.06. The fourth-order valence-corrected chi connectivity index (χ4v) is 3.60. The topological polar surface area (TPSA) is 32.3 Å². The lowest BCUT2D eigenvalue weighted by Crippen LogP contribution is -2.31. The molecule has 20 heavy (non-hydrogen) atoms. The van der Waals surface area contributed by atoms with Crippen LogP contribution >= 0.6 is 11.3 Å². The molecule has 1 aliphatic heterocycles. The van der Waals surface area contributed by atoms with Crippen molar-refractivity contribution in [2.24, 2.45) is 0 Å². The number of unbranched alkanes of at least 4 members (excludes halogenated alkanes) is 3. The van der Waals surface area contributed by atoms with Crippen LogP contribution in [0.25, 0.3) is 0 Å². The quantitative estimate of drug-likeness (QED) is 0.737. The lowest BCUT2D eigenvalue weighted by molar-refractivity contribution is -0.130. The molecule has 2 unspecified atom stereocenters. The highest BCUT2D eigenvalue weighted by Crippen LogP contribution is 2.30. The average molecular weight is 294 g/mol. The van der Waals surface area contributed by atoms with Crippen LogP contribution in [0.1, 0.15) is 63.4 Å². The van der Waals surface area contributed by atoms with E-state index in [-0.39, 0.29) is 12.2 Å². The summed E-state index contributed by atoms with van der Waals surface area (Å²) in [5.74, 6) is 0.293. The maximum atomic E-state index is 12.5. The highest BCUT2D eigenvalue weighted by molar-refractivity contribution is 7.10. The van der Waals surface area contributed by atoms with Crippen molar-refractivity contribution in [2.75, 3.05) is 6.54 Å². The number of nitrogens with one attached hydrogen (secondary N) is 1. The molecule has 0 aliphatic carbocycles. The summed E-state index contributed by atoms with van der Waals surface area (Å²) in [5.41, 5.74) is 0. The van der Waals surface area contributed by atoms with Crippen molar-refractivity contribution in [2.45, 2.75) is 64.6 Å². The first-order chi connectivity index (χ1) is 9.77. The van der Waals surface area contributed by atoms with Gasteiger partial charge in [-0.15, -0.1) is 11.3 Å². The number of thiophene rings is 1. The van der Waals surface area contributed by atoms with Gasteiger partial charge in [-0.25, -0.2) is 0 Å². The maximum absolute atomic E-state index is 12.5. The third-order valence-corrected chi connectivity index (χ3v) is 4.82. The molecule has 1 fully saturated rings. The molecule has 0 saturated carbocycles. The van der Waals surface area contributed by atoms with Crippen LogP contribution in [-0.2, 0) is 4.79 Å². The number of amides is 1. The van der Waals surface area contributed by atoms with E-state index in [1.165, 1.54) is 24.1 Å². The van der Waals surface area contributed by atoms with Gasteiger partial charge in [0.2, 0.25) is 5.91 Å². The van der Waals surface area contributed by atoms with E-state index in [9.17, 15) is 4.79 Å². The van der Waals surface area contributed by atoms with Gasteiger partial charge in [-0.2, -0.15) is 0 Å². The Morgan fingerprint density at radius 3 is 2.75 bits per heavy atom. The Morgan fingerprint density at radius 2 is 2.10 bits per heavy atom. The number of carbonyl (C=O) groups excluding carboxylic acids is 1. The first kappa shape index (κ1) is 15.5. The Morgan fingerprint density at radius 1 is 1.25 bits per heavy atom. The fourth-order valence-electron chi connectivity index (χ4n) is 2.81. The third kappa shape index (κ3) is 3.61. The van der Waals surface area contributed by atoms with Gasteiger partial charge in [0.15, 0.2) is 0 Å². The second-order valence-electron chi connectivity index (χ2n) is 5.52. The molecule has 1 aromatic rings. The zero-order valence-electron chi connectivity index (χ0n) is 12.6. The van der Waals surface area contributed by atoms with Crippen molar-refractivity contribution >= 4 is 17.2 Å². The van der Waals surface area contributed by atoms with Crippen molar-refractivity contribution < 1.29 is 4.79 Å². The van der Waals surface area contributed by atoms with Gasteiger partial charge >= 0.3 is 0 Å². The van der Waals surface area contributed by atoms with Gasteiger partial charge in [0.25, 0.3) is 0 Å². The van der Waals surface area contributed by atoms with Crippen LogP contribution in [0.2, 0.25) is 0 Å². The summed E-state index contributed by atoms with van der Waals surface area (Å²) in [4.78, 5) is 15.8. The van der Waals surface area contributed by atoms with Gasteiger partial charge < -0.3 is 4.90 Å². The summed E-state index contributed by atoms with van der Waals surface area (Å²) < 4.78 is 0. The normalized spacial score (nSPS) is 22.7. The van der Waals surface area contributed by atoms with Gasteiger partial charge in [-0.3, -0.25) is 10.1 Å². The first-order valence-electron chi connectivity index (χ1n) is 7.87. The maximum Gasteiger partial charge on any atom is 0.241 e. The van der Waals surface area contributed by atoms with E-state index in [0.29, 0.717) is 5.91 Å². The zero-order chi connectivity index (χ0) is 14.4. The molecule has 1 N–H and O–H groups in total. The molecular formula is C16H26N2OS. The molecule has 2 heterocycles. The van der Waals surface area contributed by atoms with Gasteiger partial charge in [0.1, 0.15) is 6.17 Å². The minimum absolute atomic E-state index is 0.0123. The van der Waals surface area contributed by atoms with Crippen LogP contribution in [0.5, 0.6) is 0 Å². The van der Waals surface area contributed by atoms with Crippen LogP contribution in [0.3, 0.4) is 0 Å². The molecule has 3 nitrogen and oxygen atoms in total. The summed E-state index contributed by atoms with van der Waals surface area (Å²) >= 11 is 1.73. The smallest absolute Gasteiger partial charge is 0.241 e. The summed E-state index contributed by atoms with van der Waals surface area (Å²) in [7, 11) is 0. The summed E-state index contributed by atoms with van der Waals surface area (Å²) in [6.45, 7) is 5.24. The number of nitrogens with zero attached hydrogens (tertiary/aromatic N) is 1. The van der Waals surface area contributed by atoms with Crippen molar-refractivity contribution in [3.63, 3.8) is 0 Å². The second kappa shape index (κ2) is 7.79. The predicted octanol–water partition coefficient (Wildman–Crippen LogP) is 3.93. The largest absolute Gasteiger partial charge is 0.321 e. The fraction of sp³-hybridized carbons (Fsp3) is 0.688. The predicted molar refractivity (Wildman–Crippen MR) is 84.7 cm³/mol. The van der Waals surface area contributed by atoms with Gasteiger partial charge in [-0.1, -0.05) is 45.6 Å². The van der Waals surface area contributed by atoms with E-state index in [2.05, 4.69) is 41.6 Å². The van der Waals surface area contributed by atoms with Crippen molar-refractivity contribution in [3.05, 3.63) is 22.4 Å². The molecule has 0 aromatic carbocycles. The van der Waals surface area contributed by atoms with Crippen LogP contribution in [0.15, 0.2) is 17.5 Å². The summed E-state index contributed by atoms with van der Waals surface area (Å²) in [5, 5.41) is 5.61. The van der Waals surface area contributed by atoms with Gasteiger partial charge in [0, 0.05) is 11.4 Å². The zero-order valence-corrected chi connectivity index (χ0v) is 13.4. The van der Waals surface area contributed by atoms with E-state index >= 15 is 0 Å². The second-order valence-corrected chi connectivity index (χ2v) is 6.50. The van der Waals surface area contributed by atoms with Crippen LogP contribution in [-0.4, -0.2) is 23.4 Å². The highest BCUT2D eigenvalue weighted by Gasteiger charge is 2.38. The third-order valence-electron chi connectivity index (χ3n) is 3.89. The molecule has 1 saturated heterocycles. The van der Waals surface area contributed by atoms with Crippen molar-refractivity contribution in [1.82, 2.24) is 10.2 Å². The molecule has 0 radical (unpaired) electrons. The highest BCUT2D eigenvalue weighted by atomic mass is 32.1. The lowest BCUT2D eigenvalue weighted by atomic mass is 10.1. The van der Waals surface area contributed by atoms with Crippen molar-refractivity contribution in [1.29, 1.82) is 0 Å². The molecule has 0 bridgehead atoms. The van der Waals surface area contributed by atoms with E-state index in [0.717, 1.165) is 25.8 Å². The number of rotatable bonds is 8. The van der Waals surface area contributed by atoms with Crippen LogP contribution in [0.4, 0.5) is 0 Å². The van der Waals surface area contributed by atoms with E-state index < -0.39 is 0 Å². The molecule has 0 spiro atoms. The molecule has 1 aromatic heterocycles. The minimum atomic E-state index is 0.0123. The molecule has 2 rings (SSSR count). The molecule has 112 valence electrons.